The van der Waals surface area contributed by atoms with E-state index in [0.717, 1.165) is 18.5 Å². The number of nitrogens with one attached hydrogen (secondary N) is 1. The summed E-state index contributed by atoms with van der Waals surface area (Å²) in [6.45, 7) is 5.06. The van der Waals surface area contributed by atoms with Crippen molar-refractivity contribution in [2.45, 2.75) is 26.3 Å². The van der Waals surface area contributed by atoms with Gasteiger partial charge in [-0.3, -0.25) is 0 Å². The molecule has 1 N–H and O–H groups in total. The Labute approximate surface area is 90.4 Å². The number of methoxy groups -OCH3 is 1. The fraction of sp³-hybridized carbons (Fsp3) is 0.500. The van der Waals surface area contributed by atoms with E-state index in [4.69, 9.17) is 4.74 Å². The van der Waals surface area contributed by atoms with Gasteiger partial charge in [0, 0.05) is 6.04 Å². The Bertz CT molecular complexity index is 314. The molecule has 0 aromatic heterocycles. The highest BCUT2D eigenvalue weighted by molar-refractivity contribution is 5.32. The minimum absolute atomic E-state index is 0.268. The second kappa shape index (κ2) is 5.71. The summed E-state index contributed by atoms with van der Waals surface area (Å²) in [6, 6.07) is 5.28. The van der Waals surface area contributed by atoms with Crippen molar-refractivity contribution in [2.24, 2.45) is 0 Å². The topological polar surface area (TPSA) is 21.3 Å². The van der Waals surface area contributed by atoms with Gasteiger partial charge in [-0.15, -0.1) is 0 Å². The minimum Gasteiger partial charge on any atom is -0.494 e. The summed E-state index contributed by atoms with van der Waals surface area (Å²) in [5.41, 5.74) is 1.07. The number of halogens is 1. The average molecular weight is 211 g/mol. The van der Waals surface area contributed by atoms with Gasteiger partial charge in [0.2, 0.25) is 0 Å². The lowest BCUT2D eigenvalue weighted by Gasteiger charge is -2.17. The standard InChI is InChI=1S/C12H18FNO/c1-4-11(14-5-2)9-6-7-10(13)12(8-9)15-3/h6-8,11,14H,4-5H2,1-3H3. The van der Waals surface area contributed by atoms with Crippen LogP contribution in [0.15, 0.2) is 18.2 Å². The van der Waals surface area contributed by atoms with Gasteiger partial charge >= 0.3 is 0 Å². The van der Waals surface area contributed by atoms with Gasteiger partial charge in [0.15, 0.2) is 11.6 Å². The van der Waals surface area contributed by atoms with E-state index < -0.39 is 0 Å². The lowest BCUT2D eigenvalue weighted by atomic mass is 10.0. The van der Waals surface area contributed by atoms with E-state index in [1.165, 1.54) is 13.2 Å². The van der Waals surface area contributed by atoms with E-state index in [-0.39, 0.29) is 11.9 Å². The molecule has 84 valence electrons. The van der Waals surface area contributed by atoms with Crippen molar-refractivity contribution in [3.05, 3.63) is 29.6 Å². The maximum atomic E-state index is 13.2. The highest BCUT2D eigenvalue weighted by Crippen LogP contribution is 2.24. The van der Waals surface area contributed by atoms with Crippen LogP contribution in [0.2, 0.25) is 0 Å². The molecule has 1 aromatic carbocycles. The predicted molar refractivity (Wildman–Crippen MR) is 59.7 cm³/mol. The third-order valence-corrected chi connectivity index (χ3v) is 2.44. The van der Waals surface area contributed by atoms with Gasteiger partial charge in [-0.05, 0) is 30.7 Å². The lowest BCUT2D eigenvalue weighted by molar-refractivity contribution is 0.384. The molecular weight excluding hydrogens is 193 g/mol. The molecule has 1 unspecified atom stereocenters. The first-order chi connectivity index (χ1) is 7.22. The van der Waals surface area contributed by atoms with Crippen LogP contribution >= 0.6 is 0 Å². The molecule has 3 heteroatoms. The van der Waals surface area contributed by atoms with Crippen LogP contribution in [0.1, 0.15) is 31.9 Å². The fourth-order valence-corrected chi connectivity index (χ4v) is 1.64. The molecule has 15 heavy (non-hydrogen) atoms. The number of rotatable bonds is 5. The molecule has 1 atom stereocenters. The molecule has 0 radical (unpaired) electrons. The molecule has 0 aliphatic heterocycles. The molecule has 0 spiro atoms. The maximum Gasteiger partial charge on any atom is 0.165 e. The summed E-state index contributed by atoms with van der Waals surface area (Å²) in [6.07, 6.45) is 0.975. The van der Waals surface area contributed by atoms with Crippen molar-refractivity contribution >= 4 is 0 Å². The Morgan fingerprint density at radius 1 is 1.40 bits per heavy atom. The maximum absolute atomic E-state index is 13.2. The van der Waals surface area contributed by atoms with Crippen molar-refractivity contribution in [2.75, 3.05) is 13.7 Å². The van der Waals surface area contributed by atoms with E-state index in [1.54, 1.807) is 12.1 Å². The molecule has 0 aliphatic rings. The molecular formula is C12H18FNO. The summed E-state index contributed by atoms with van der Waals surface area (Å²) in [7, 11) is 1.48. The zero-order valence-electron chi connectivity index (χ0n) is 9.51. The Balaban J connectivity index is 2.92. The Kier molecular flexibility index (Phi) is 4.56. The molecule has 0 saturated carbocycles. The number of hydrogen-bond donors (Lipinski definition) is 1. The fourth-order valence-electron chi connectivity index (χ4n) is 1.64. The van der Waals surface area contributed by atoms with E-state index in [9.17, 15) is 4.39 Å². The first-order valence-electron chi connectivity index (χ1n) is 5.29. The van der Waals surface area contributed by atoms with Crippen LogP contribution in [0.5, 0.6) is 5.75 Å². The third-order valence-electron chi connectivity index (χ3n) is 2.44. The highest BCUT2D eigenvalue weighted by atomic mass is 19.1. The van der Waals surface area contributed by atoms with Crippen LogP contribution in [0.25, 0.3) is 0 Å². The first kappa shape index (κ1) is 12.0. The predicted octanol–water partition coefficient (Wildman–Crippen LogP) is 2.89. The van der Waals surface area contributed by atoms with Crippen molar-refractivity contribution in [1.82, 2.24) is 5.32 Å². The monoisotopic (exact) mass is 211 g/mol. The second-order valence-corrected chi connectivity index (χ2v) is 3.41. The number of hydrogen-bond acceptors (Lipinski definition) is 2. The minimum atomic E-state index is -0.312. The lowest BCUT2D eigenvalue weighted by Crippen LogP contribution is -2.20. The van der Waals surface area contributed by atoms with Crippen molar-refractivity contribution in [3.8, 4) is 5.75 Å². The Morgan fingerprint density at radius 3 is 2.67 bits per heavy atom. The van der Waals surface area contributed by atoms with Crippen molar-refractivity contribution in [1.29, 1.82) is 0 Å². The van der Waals surface area contributed by atoms with Gasteiger partial charge in [-0.25, -0.2) is 4.39 Å². The van der Waals surface area contributed by atoms with E-state index in [0.29, 0.717) is 5.75 Å². The van der Waals surface area contributed by atoms with Crippen LogP contribution in [0.4, 0.5) is 4.39 Å². The van der Waals surface area contributed by atoms with Crippen LogP contribution in [0.3, 0.4) is 0 Å². The zero-order valence-corrected chi connectivity index (χ0v) is 9.51. The van der Waals surface area contributed by atoms with Gasteiger partial charge in [0.1, 0.15) is 0 Å². The second-order valence-electron chi connectivity index (χ2n) is 3.41. The molecule has 0 fully saturated rings. The van der Waals surface area contributed by atoms with Gasteiger partial charge in [-0.2, -0.15) is 0 Å². The average Bonchev–Trinajstić information content (AvgIpc) is 2.27. The molecule has 0 saturated heterocycles. The van der Waals surface area contributed by atoms with E-state index in [1.807, 2.05) is 0 Å². The van der Waals surface area contributed by atoms with Crippen molar-refractivity contribution < 1.29 is 9.13 Å². The van der Waals surface area contributed by atoms with Crippen LogP contribution in [-0.2, 0) is 0 Å². The van der Waals surface area contributed by atoms with Gasteiger partial charge < -0.3 is 10.1 Å². The largest absolute Gasteiger partial charge is 0.494 e. The van der Waals surface area contributed by atoms with Gasteiger partial charge in [0.25, 0.3) is 0 Å². The molecule has 0 heterocycles. The third kappa shape index (κ3) is 2.93. The molecule has 0 aliphatic carbocycles. The summed E-state index contributed by atoms with van der Waals surface area (Å²) in [4.78, 5) is 0. The smallest absolute Gasteiger partial charge is 0.165 e. The quantitative estimate of drug-likeness (QED) is 0.808. The van der Waals surface area contributed by atoms with Gasteiger partial charge in [-0.1, -0.05) is 19.9 Å². The summed E-state index contributed by atoms with van der Waals surface area (Å²) < 4.78 is 18.1. The normalized spacial score (nSPS) is 12.5. The molecule has 0 bridgehead atoms. The zero-order chi connectivity index (χ0) is 11.3. The van der Waals surface area contributed by atoms with Crippen LogP contribution in [0, 0.1) is 5.82 Å². The SMILES string of the molecule is CCNC(CC)c1ccc(F)c(OC)c1. The van der Waals surface area contributed by atoms with E-state index >= 15 is 0 Å². The molecule has 2 nitrogen and oxygen atoms in total. The Hall–Kier alpha value is -1.09. The summed E-state index contributed by atoms with van der Waals surface area (Å²) >= 11 is 0. The molecule has 1 rings (SSSR count). The van der Waals surface area contributed by atoms with Crippen LogP contribution < -0.4 is 10.1 Å². The Morgan fingerprint density at radius 2 is 2.13 bits per heavy atom. The highest BCUT2D eigenvalue weighted by Gasteiger charge is 2.10. The first-order valence-corrected chi connectivity index (χ1v) is 5.29. The summed E-state index contributed by atoms with van der Waals surface area (Å²) in [5.74, 6) is -0.00328. The van der Waals surface area contributed by atoms with E-state index in [2.05, 4.69) is 19.2 Å². The van der Waals surface area contributed by atoms with Crippen molar-refractivity contribution in [3.63, 3.8) is 0 Å². The summed E-state index contributed by atoms with van der Waals surface area (Å²) in [5, 5.41) is 3.34. The number of ether oxygens (including phenoxy) is 1. The number of benzene rings is 1. The molecule has 1 aromatic rings. The molecule has 0 amide bonds. The van der Waals surface area contributed by atoms with Crippen LogP contribution in [-0.4, -0.2) is 13.7 Å². The van der Waals surface area contributed by atoms with Gasteiger partial charge in [0.05, 0.1) is 7.11 Å².